The number of ether oxygens (including phenoxy) is 8. The molecule has 9 rings (SSSR count). The SMILES string of the molecule is C#Cc1cccc(NC(=O)N2CCC3(CC2)NC(=O)N(c2cnccn2)C3=O)c1.NCCOCCOCCOCCOCCn1cc(-c2cccc(NC(=O)N3CCC4(CC3)NC(=O)N(c3cnccn3)C4=O)c2)nn1.[N-]=[N+]=NCCOCCOCCOCCOCCN. The van der Waals surface area contributed by atoms with E-state index in [0.29, 0.717) is 180 Å². The maximum atomic E-state index is 13.2. The molecule has 4 fully saturated rings. The van der Waals surface area contributed by atoms with Crippen LogP contribution in [-0.2, 0) is 54.0 Å². The van der Waals surface area contributed by atoms with Crippen LogP contribution in [0.5, 0.6) is 0 Å². The summed E-state index contributed by atoms with van der Waals surface area (Å²) >= 11 is 0. The van der Waals surface area contributed by atoms with Gasteiger partial charge in [-0.15, -0.1) is 11.5 Å². The molecule has 34 nitrogen and oxygen atoms in total. The number of imide groups is 2. The molecule has 4 aliphatic heterocycles. The number of carbonyl (C=O) groups is 6. The molecule has 0 aliphatic carbocycles. The molecule has 8 N–H and O–H groups in total. The van der Waals surface area contributed by atoms with Gasteiger partial charge in [-0.3, -0.25) is 19.6 Å². The van der Waals surface area contributed by atoms with E-state index >= 15 is 0 Å². The molecule has 2 spiro atoms. The third-order valence-corrected chi connectivity index (χ3v) is 14.5. The molecule has 7 heterocycles. The fraction of sp³-hybridized carbons (Fsp3) is 0.500. The Kier molecular flexibility index (Phi) is 30.1. The van der Waals surface area contributed by atoms with Gasteiger partial charge in [-0.05, 0) is 61.5 Å². The molecule has 4 aliphatic rings. The van der Waals surface area contributed by atoms with Crippen LogP contribution in [0.25, 0.3) is 21.7 Å². The van der Waals surface area contributed by atoms with E-state index in [-0.39, 0.29) is 61.4 Å². The number of likely N-dealkylation sites (tertiary alicyclic amines) is 2. The Bertz CT molecular complexity index is 3270. The van der Waals surface area contributed by atoms with Gasteiger partial charge in [0.25, 0.3) is 11.8 Å². The molecular weight excluding hydrogens is 1220 g/mol. The van der Waals surface area contributed by atoms with Gasteiger partial charge in [0.05, 0.1) is 131 Å². The van der Waals surface area contributed by atoms with E-state index in [1.54, 1.807) is 44.8 Å². The maximum Gasteiger partial charge on any atom is 0.330 e. The highest BCUT2D eigenvalue weighted by molar-refractivity contribution is 6.23. The van der Waals surface area contributed by atoms with Gasteiger partial charge >= 0.3 is 24.1 Å². The average molecular weight is 1310 g/mol. The van der Waals surface area contributed by atoms with E-state index in [2.05, 4.69) is 67.5 Å². The number of terminal acetylenes is 1. The summed E-state index contributed by atoms with van der Waals surface area (Å²) in [5.74, 6) is 2.11. The molecule has 504 valence electrons. The molecule has 10 amide bonds. The number of amides is 10. The van der Waals surface area contributed by atoms with Crippen LogP contribution in [0, 0.1) is 12.3 Å². The third kappa shape index (κ3) is 22.2. The highest BCUT2D eigenvalue weighted by Crippen LogP contribution is 2.34. The summed E-state index contributed by atoms with van der Waals surface area (Å²) in [6.45, 7) is 11.1. The predicted molar refractivity (Wildman–Crippen MR) is 340 cm³/mol. The molecule has 94 heavy (non-hydrogen) atoms. The Morgan fingerprint density at radius 2 is 1.04 bits per heavy atom. The number of nitrogens with zero attached hydrogens (tertiary/aromatic N) is 14. The van der Waals surface area contributed by atoms with Crippen molar-refractivity contribution in [1.29, 1.82) is 0 Å². The van der Waals surface area contributed by atoms with Gasteiger partial charge in [-0.1, -0.05) is 34.4 Å². The number of urea groups is 4. The van der Waals surface area contributed by atoms with Gasteiger partial charge in [-0.25, -0.2) is 43.6 Å². The number of hydrogen-bond donors (Lipinski definition) is 6. The number of piperidine rings is 2. The van der Waals surface area contributed by atoms with E-state index in [9.17, 15) is 28.8 Å². The van der Waals surface area contributed by atoms with Crippen LogP contribution in [-0.4, -0.2) is 243 Å². The molecule has 34 heteroatoms. The van der Waals surface area contributed by atoms with Crippen molar-refractivity contribution in [2.75, 3.05) is 172 Å². The molecule has 5 aromatic rings. The Balaban J connectivity index is 0.000000225. The van der Waals surface area contributed by atoms with Gasteiger partial charge in [0.2, 0.25) is 0 Å². The quantitative estimate of drug-likeness (QED) is 0.00878. The summed E-state index contributed by atoms with van der Waals surface area (Å²) in [5.41, 5.74) is 19.8. The number of nitrogens with two attached hydrogens (primary N) is 2. The van der Waals surface area contributed by atoms with Crippen LogP contribution < -0.4 is 42.5 Å². The van der Waals surface area contributed by atoms with Crippen molar-refractivity contribution in [3.05, 3.63) is 108 Å². The Hall–Kier alpha value is -9.37. The molecule has 2 aromatic carbocycles. The van der Waals surface area contributed by atoms with E-state index in [1.165, 1.54) is 37.2 Å². The highest BCUT2D eigenvalue weighted by atomic mass is 16.6. The minimum atomic E-state index is -1.08. The van der Waals surface area contributed by atoms with E-state index in [4.69, 9.17) is 61.3 Å². The lowest BCUT2D eigenvalue weighted by molar-refractivity contribution is -0.124. The minimum absolute atomic E-state index is 0.167. The number of nitrogens with one attached hydrogen (secondary N) is 4. The lowest BCUT2D eigenvalue weighted by atomic mass is 9.87. The van der Waals surface area contributed by atoms with Crippen LogP contribution in [0.4, 0.5) is 42.2 Å². The number of hydrogen-bond acceptors (Lipinski definition) is 23. The summed E-state index contributed by atoms with van der Waals surface area (Å²) in [6, 6.07) is 12.7. The molecule has 4 saturated heterocycles. The van der Waals surface area contributed by atoms with Crippen molar-refractivity contribution in [2.45, 2.75) is 43.3 Å². The van der Waals surface area contributed by atoms with Gasteiger partial charge < -0.3 is 80.4 Å². The van der Waals surface area contributed by atoms with Crippen LogP contribution in [0.3, 0.4) is 0 Å². The fourth-order valence-corrected chi connectivity index (χ4v) is 9.72. The topological polar surface area (TPSA) is 420 Å². The number of anilines is 4. The molecule has 0 bridgehead atoms. The first-order valence-electron chi connectivity index (χ1n) is 30.5. The third-order valence-electron chi connectivity index (χ3n) is 14.5. The molecule has 3 aromatic heterocycles. The zero-order valence-corrected chi connectivity index (χ0v) is 52.2. The van der Waals surface area contributed by atoms with Gasteiger partial charge in [0.15, 0.2) is 11.6 Å². The maximum absolute atomic E-state index is 13.2. The fourth-order valence-electron chi connectivity index (χ4n) is 9.72. The first-order chi connectivity index (χ1) is 45.9. The summed E-state index contributed by atoms with van der Waals surface area (Å²) in [5, 5.41) is 23.1. The second-order valence-electron chi connectivity index (χ2n) is 20.9. The monoisotopic (exact) mass is 1300 g/mol. The molecule has 0 saturated carbocycles. The normalized spacial score (nSPS) is 15.3. The van der Waals surface area contributed by atoms with E-state index < -0.39 is 23.1 Å². The first-order valence-corrected chi connectivity index (χ1v) is 30.5. The van der Waals surface area contributed by atoms with E-state index in [1.807, 2.05) is 24.4 Å². The van der Waals surface area contributed by atoms with E-state index in [0.717, 1.165) is 15.4 Å². The Morgan fingerprint density at radius 1 is 0.606 bits per heavy atom. The molecule has 0 radical (unpaired) electrons. The molecular formula is C60H80N20O14. The second kappa shape index (κ2) is 39.2. The van der Waals surface area contributed by atoms with Crippen molar-refractivity contribution < 1.29 is 66.7 Å². The summed E-state index contributed by atoms with van der Waals surface area (Å²) in [4.78, 5) is 101. The first kappa shape index (κ1) is 72.1. The average Bonchev–Trinajstić information content (AvgIpc) is 1.62. The summed E-state index contributed by atoms with van der Waals surface area (Å²) < 4.78 is 44.2. The van der Waals surface area contributed by atoms with Crippen LogP contribution in [0.15, 0.2) is 97.0 Å². The minimum Gasteiger partial charge on any atom is -0.379 e. The summed E-state index contributed by atoms with van der Waals surface area (Å²) in [7, 11) is 0. The number of aromatic nitrogens is 7. The molecule has 0 atom stereocenters. The number of carbonyl (C=O) groups excluding carboxylic acids is 6. The number of azide groups is 1. The van der Waals surface area contributed by atoms with Crippen LogP contribution in [0.1, 0.15) is 31.2 Å². The predicted octanol–water partition coefficient (Wildman–Crippen LogP) is 2.79. The molecule has 0 unspecified atom stereocenters. The Morgan fingerprint density at radius 3 is 1.48 bits per heavy atom. The lowest BCUT2D eigenvalue weighted by Gasteiger charge is -2.37. The van der Waals surface area contributed by atoms with Crippen molar-refractivity contribution in [1.82, 2.24) is 55.4 Å². The summed E-state index contributed by atoms with van der Waals surface area (Å²) in [6.07, 6.45) is 16.9. The zero-order chi connectivity index (χ0) is 66.6. The smallest absolute Gasteiger partial charge is 0.330 e. The lowest BCUT2D eigenvalue weighted by Crippen LogP contribution is -2.56. The van der Waals surface area contributed by atoms with Gasteiger partial charge in [0, 0.05) is 98.0 Å². The van der Waals surface area contributed by atoms with Crippen LogP contribution in [0.2, 0.25) is 0 Å². The highest BCUT2D eigenvalue weighted by Gasteiger charge is 2.55. The standard InChI is InChI=1S/C30H40N10O7.C20H18N6O3.C10H22N4O4/c31-6-12-44-14-16-46-18-19-47-17-15-45-13-11-39-22-25(36-37-39)23-2-1-3-24(20-23)34-28(42)38-9-4-30(5-10-38)27(41)40(29(43)35-30)26-21-32-7-8-33-26;1-2-14-4-3-5-15(12-14)23-18(28)25-10-6-20(7-11-25)17(27)26(19(29)24-20)16-13-21-8-9-22-16;11-1-3-15-5-7-17-9-10-18-8-6-16-4-2-13-14-12/h1-3,7-8,20-22H,4-6,9-19,31H2,(H,34,42)(H,35,43);1,3-5,8-9,12-13H,6-7,10-11H2,(H,23,28)(H,24,29);1-11H2. The number of benzene rings is 2. The van der Waals surface area contributed by atoms with Crippen molar-refractivity contribution in [3.63, 3.8) is 0 Å². The second-order valence-corrected chi connectivity index (χ2v) is 20.9. The largest absolute Gasteiger partial charge is 0.379 e. The van der Waals surface area contributed by atoms with Crippen molar-refractivity contribution >= 4 is 58.9 Å². The Labute approximate surface area is 542 Å². The van der Waals surface area contributed by atoms with Crippen molar-refractivity contribution in [2.24, 2.45) is 16.6 Å². The van der Waals surface area contributed by atoms with Gasteiger partial charge in [-0.2, -0.15) is 0 Å². The van der Waals surface area contributed by atoms with Gasteiger partial charge in [0.1, 0.15) is 16.8 Å². The van der Waals surface area contributed by atoms with Crippen molar-refractivity contribution in [3.8, 4) is 23.6 Å². The zero-order valence-electron chi connectivity index (χ0n) is 52.2. The van der Waals surface area contributed by atoms with Crippen LogP contribution >= 0.6 is 0 Å². The number of rotatable bonds is 33.